The van der Waals surface area contributed by atoms with E-state index in [2.05, 4.69) is 5.32 Å². The first kappa shape index (κ1) is 18.2. The van der Waals surface area contributed by atoms with Gasteiger partial charge < -0.3 is 20.5 Å². The second-order valence-electron chi connectivity index (χ2n) is 7.52. The van der Waals surface area contributed by atoms with Crippen LogP contribution in [0.15, 0.2) is 18.2 Å². The lowest BCUT2D eigenvalue weighted by atomic mass is 9.90. The van der Waals surface area contributed by atoms with Crippen molar-refractivity contribution >= 4 is 11.6 Å². The molecule has 1 aliphatic carbocycles. The molecule has 1 aromatic carbocycles. The summed E-state index contributed by atoms with van der Waals surface area (Å²) in [5, 5.41) is 2.96. The minimum absolute atomic E-state index is 0.141. The number of hydrogen-bond donors (Lipinski definition) is 2. The predicted octanol–water partition coefficient (Wildman–Crippen LogP) is 3.40. The summed E-state index contributed by atoms with van der Waals surface area (Å²) in [4.78, 5) is 12.6. The summed E-state index contributed by atoms with van der Waals surface area (Å²) >= 11 is 0. The number of ether oxygens (including phenoxy) is 2. The number of hydrogen-bond acceptors (Lipinski definition) is 4. The van der Waals surface area contributed by atoms with Crippen LogP contribution in [0.4, 0.5) is 5.69 Å². The van der Waals surface area contributed by atoms with E-state index >= 15 is 0 Å². The second kappa shape index (κ2) is 8.19. The lowest BCUT2D eigenvalue weighted by Gasteiger charge is -2.31. The molecule has 0 spiro atoms. The molecule has 3 N–H and O–H groups in total. The normalized spacial score (nSPS) is 20.9. The number of amides is 1. The average Bonchev–Trinajstić information content (AvgIpc) is 2.63. The van der Waals surface area contributed by atoms with Crippen molar-refractivity contribution < 1.29 is 14.3 Å². The Morgan fingerprint density at radius 2 is 2.00 bits per heavy atom. The predicted molar refractivity (Wildman–Crippen MR) is 98.9 cm³/mol. The molecule has 25 heavy (non-hydrogen) atoms. The Morgan fingerprint density at radius 3 is 2.72 bits per heavy atom. The van der Waals surface area contributed by atoms with E-state index in [0.29, 0.717) is 32.0 Å². The van der Waals surface area contributed by atoms with Crippen molar-refractivity contribution in [2.75, 3.05) is 25.1 Å². The molecule has 5 heteroatoms. The van der Waals surface area contributed by atoms with Crippen molar-refractivity contribution in [3.8, 4) is 5.75 Å². The van der Waals surface area contributed by atoms with Crippen molar-refractivity contribution in [1.82, 2.24) is 0 Å². The fraction of sp³-hybridized carbons (Fsp3) is 0.650. The lowest BCUT2D eigenvalue weighted by Crippen LogP contribution is -2.54. The SMILES string of the molecule is Cc1ccc(NC(=O)C2(N)CCOCC2)cc1OCC1CCCCC1. The molecule has 0 bridgehead atoms. The van der Waals surface area contributed by atoms with E-state index in [1.54, 1.807) is 0 Å². The van der Waals surface area contributed by atoms with Gasteiger partial charge in [-0.1, -0.05) is 25.3 Å². The molecule has 1 aromatic rings. The van der Waals surface area contributed by atoms with Crippen LogP contribution in [0, 0.1) is 12.8 Å². The van der Waals surface area contributed by atoms with Crippen molar-refractivity contribution in [1.29, 1.82) is 0 Å². The van der Waals surface area contributed by atoms with Crippen LogP contribution in [0.1, 0.15) is 50.5 Å². The van der Waals surface area contributed by atoms with Crippen molar-refractivity contribution in [3.05, 3.63) is 23.8 Å². The van der Waals surface area contributed by atoms with Crippen LogP contribution in [0.5, 0.6) is 5.75 Å². The highest BCUT2D eigenvalue weighted by atomic mass is 16.5. The van der Waals surface area contributed by atoms with Gasteiger partial charge >= 0.3 is 0 Å². The zero-order valence-corrected chi connectivity index (χ0v) is 15.2. The molecule has 1 amide bonds. The van der Waals surface area contributed by atoms with Crippen LogP contribution >= 0.6 is 0 Å². The third-order valence-corrected chi connectivity index (χ3v) is 5.48. The maximum Gasteiger partial charge on any atom is 0.244 e. The summed E-state index contributed by atoms with van der Waals surface area (Å²) in [6.07, 6.45) is 7.59. The molecule has 3 rings (SSSR count). The molecular weight excluding hydrogens is 316 g/mol. The maximum absolute atomic E-state index is 12.6. The lowest BCUT2D eigenvalue weighted by molar-refractivity contribution is -0.124. The van der Waals surface area contributed by atoms with E-state index in [0.717, 1.165) is 23.6 Å². The fourth-order valence-corrected chi connectivity index (χ4v) is 3.61. The number of benzene rings is 1. The van der Waals surface area contributed by atoms with Gasteiger partial charge in [-0.2, -0.15) is 0 Å². The van der Waals surface area contributed by atoms with Crippen LogP contribution in [-0.4, -0.2) is 31.3 Å². The molecule has 2 fully saturated rings. The van der Waals surface area contributed by atoms with Gasteiger partial charge in [-0.15, -0.1) is 0 Å². The molecule has 1 saturated carbocycles. The molecule has 1 aliphatic heterocycles. The van der Waals surface area contributed by atoms with Gasteiger partial charge in [0.15, 0.2) is 0 Å². The highest BCUT2D eigenvalue weighted by Crippen LogP contribution is 2.28. The van der Waals surface area contributed by atoms with E-state index in [-0.39, 0.29) is 5.91 Å². The number of carbonyl (C=O) groups excluding carboxylic acids is 1. The van der Waals surface area contributed by atoms with Gasteiger partial charge in [-0.05, 0) is 50.2 Å². The Bertz CT molecular complexity index is 591. The minimum Gasteiger partial charge on any atom is -0.493 e. The third kappa shape index (κ3) is 4.73. The number of nitrogens with two attached hydrogens (primary N) is 1. The number of carbonyl (C=O) groups is 1. The first-order valence-corrected chi connectivity index (χ1v) is 9.48. The van der Waals surface area contributed by atoms with E-state index in [1.807, 2.05) is 25.1 Å². The van der Waals surface area contributed by atoms with E-state index in [9.17, 15) is 4.79 Å². The molecule has 0 radical (unpaired) electrons. The largest absolute Gasteiger partial charge is 0.493 e. The quantitative estimate of drug-likeness (QED) is 0.857. The first-order valence-electron chi connectivity index (χ1n) is 9.48. The zero-order valence-electron chi connectivity index (χ0n) is 15.2. The van der Waals surface area contributed by atoms with E-state index in [1.165, 1.54) is 32.1 Å². The highest BCUT2D eigenvalue weighted by molar-refractivity contribution is 5.98. The van der Waals surface area contributed by atoms with Crippen LogP contribution in [0.25, 0.3) is 0 Å². The van der Waals surface area contributed by atoms with E-state index in [4.69, 9.17) is 15.2 Å². The summed E-state index contributed by atoms with van der Waals surface area (Å²) in [5.74, 6) is 1.36. The van der Waals surface area contributed by atoms with Crippen LogP contribution in [0.3, 0.4) is 0 Å². The van der Waals surface area contributed by atoms with Gasteiger partial charge in [-0.3, -0.25) is 4.79 Å². The Kier molecular flexibility index (Phi) is 5.97. The Morgan fingerprint density at radius 1 is 1.28 bits per heavy atom. The van der Waals surface area contributed by atoms with Gasteiger partial charge in [0.25, 0.3) is 0 Å². The molecule has 1 heterocycles. The summed E-state index contributed by atoms with van der Waals surface area (Å²) in [6.45, 7) is 3.86. The van der Waals surface area contributed by atoms with Crippen molar-refractivity contribution in [2.24, 2.45) is 11.7 Å². The number of nitrogens with one attached hydrogen (secondary N) is 1. The van der Waals surface area contributed by atoms with Gasteiger partial charge in [0.2, 0.25) is 5.91 Å². The molecule has 2 aliphatic rings. The van der Waals surface area contributed by atoms with Crippen LogP contribution < -0.4 is 15.8 Å². The third-order valence-electron chi connectivity index (χ3n) is 5.48. The molecule has 5 nitrogen and oxygen atoms in total. The van der Waals surface area contributed by atoms with Crippen molar-refractivity contribution in [2.45, 2.75) is 57.4 Å². The number of anilines is 1. The summed E-state index contributed by atoms with van der Waals surface area (Å²) in [5.41, 5.74) is 7.24. The van der Waals surface area contributed by atoms with Gasteiger partial charge in [-0.25, -0.2) is 0 Å². The standard InChI is InChI=1S/C20H30N2O3/c1-15-7-8-17(22-19(23)20(21)9-11-24-12-10-20)13-18(15)25-14-16-5-3-2-4-6-16/h7-8,13,16H,2-6,9-12,14,21H2,1H3,(H,22,23). The fourth-order valence-electron chi connectivity index (χ4n) is 3.61. The molecular formula is C20H30N2O3. The molecule has 0 atom stereocenters. The minimum atomic E-state index is -0.841. The Balaban J connectivity index is 1.61. The smallest absolute Gasteiger partial charge is 0.244 e. The summed E-state index contributed by atoms with van der Waals surface area (Å²) in [7, 11) is 0. The van der Waals surface area contributed by atoms with Crippen LogP contribution in [-0.2, 0) is 9.53 Å². The Hall–Kier alpha value is -1.59. The second-order valence-corrected chi connectivity index (χ2v) is 7.52. The Labute approximate surface area is 150 Å². The zero-order chi connectivity index (χ0) is 17.7. The average molecular weight is 346 g/mol. The summed E-state index contributed by atoms with van der Waals surface area (Å²) in [6, 6.07) is 5.81. The summed E-state index contributed by atoms with van der Waals surface area (Å²) < 4.78 is 11.4. The first-order chi connectivity index (χ1) is 12.1. The van der Waals surface area contributed by atoms with Gasteiger partial charge in [0.05, 0.1) is 6.61 Å². The number of rotatable bonds is 5. The molecule has 138 valence electrons. The van der Waals surface area contributed by atoms with Gasteiger partial charge in [0.1, 0.15) is 11.3 Å². The topological polar surface area (TPSA) is 73.6 Å². The maximum atomic E-state index is 12.6. The van der Waals surface area contributed by atoms with Crippen LogP contribution in [0.2, 0.25) is 0 Å². The molecule has 1 saturated heterocycles. The monoisotopic (exact) mass is 346 g/mol. The number of aryl methyl sites for hydroxylation is 1. The molecule has 0 unspecified atom stereocenters. The van der Waals surface area contributed by atoms with Crippen molar-refractivity contribution in [3.63, 3.8) is 0 Å². The van der Waals surface area contributed by atoms with Gasteiger partial charge in [0, 0.05) is 25.0 Å². The highest BCUT2D eigenvalue weighted by Gasteiger charge is 2.36. The van der Waals surface area contributed by atoms with E-state index < -0.39 is 5.54 Å². The molecule has 0 aromatic heterocycles.